The van der Waals surface area contributed by atoms with Crippen LogP contribution >= 0.6 is 24.0 Å². The molecule has 5 nitrogen and oxygen atoms in total. The lowest BCUT2D eigenvalue weighted by Crippen LogP contribution is -2.44. The Labute approximate surface area is 154 Å². The van der Waals surface area contributed by atoms with Crippen LogP contribution < -0.4 is 10.6 Å². The van der Waals surface area contributed by atoms with Gasteiger partial charge in [-0.1, -0.05) is 24.3 Å². The van der Waals surface area contributed by atoms with Gasteiger partial charge in [0.1, 0.15) is 6.54 Å². The SMILES string of the molecule is CCNC(=NCC(=O)NC1CC1)N1CCc2ccccc2C1.I. The summed E-state index contributed by atoms with van der Waals surface area (Å²) in [7, 11) is 0. The third-order valence-electron chi connectivity index (χ3n) is 4.08. The van der Waals surface area contributed by atoms with Gasteiger partial charge in [0.2, 0.25) is 5.91 Å². The molecule has 1 amide bonds. The number of halogens is 1. The van der Waals surface area contributed by atoms with Crippen LogP contribution in [0.1, 0.15) is 30.9 Å². The van der Waals surface area contributed by atoms with E-state index in [2.05, 4.69) is 51.7 Å². The van der Waals surface area contributed by atoms with Gasteiger partial charge in [-0.2, -0.15) is 0 Å². The molecule has 0 radical (unpaired) electrons. The van der Waals surface area contributed by atoms with E-state index in [1.165, 1.54) is 11.1 Å². The third kappa shape index (κ3) is 5.09. The molecule has 0 aromatic heterocycles. The topological polar surface area (TPSA) is 56.7 Å². The van der Waals surface area contributed by atoms with Gasteiger partial charge in [-0.3, -0.25) is 4.79 Å². The molecule has 2 aliphatic rings. The summed E-state index contributed by atoms with van der Waals surface area (Å²) in [5.74, 6) is 0.860. The second kappa shape index (κ2) is 8.52. The molecule has 3 rings (SSSR count). The first-order valence-electron chi connectivity index (χ1n) is 8.15. The smallest absolute Gasteiger partial charge is 0.242 e. The molecule has 1 aliphatic carbocycles. The fourth-order valence-electron chi connectivity index (χ4n) is 2.75. The van der Waals surface area contributed by atoms with Crippen LogP contribution in [0.2, 0.25) is 0 Å². The molecule has 2 N–H and O–H groups in total. The highest BCUT2D eigenvalue weighted by atomic mass is 127. The Kier molecular flexibility index (Phi) is 6.68. The Balaban J connectivity index is 0.00000192. The molecule has 1 heterocycles. The lowest BCUT2D eigenvalue weighted by atomic mass is 10.0. The molecule has 0 atom stereocenters. The minimum absolute atomic E-state index is 0. The van der Waals surface area contributed by atoms with Gasteiger partial charge >= 0.3 is 0 Å². The van der Waals surface area contributed by atoms with E-state index in [4.69, 9.17) is 0 Å². The molecule has 23 heavy (non-hydrogen) atoms. The molecule has 1 aliphatic heterocycles. The molecule has 0 unspecified atom stereocenters. The van der Waals surface area contributed by atoms with E-state index < -0.39 is 0 Å². The molecule has 0 saturated heterocycles. The van der Waals surface area contributed by atoms with Gasteiger partial charge in [-0.05, 0) is 37.3 Å². The summed E-state index contributed by atoms with van der Waals surface area (Å²) in [6.45, 7) is 4.86. The standard InChI is InChI=1S/C17H24N4O.HI/c1-2-18-17(19-11-16(22)20-15-7-8-15)21-10-9-13-5-3-4-6-14(13)12-21;/h3-6,15H,2,7-12H2,1H3,(H,18,19)(H,20,22);1H. The molecule has 0 spiro atoms. The van der Waals surface area contributed by atoms with Crippen molar-refractivity contribution in [1.29, 1.82) is 0 Å². The summed E-state index contributed by atoms with van der Waals surface area (Å²) in [5, 5.41) is 6.28. The largest absolute Gasteiger partial charge is 0.356 e. The zero-order chi connectivity index (χ0) is 15.4. The zero-order valence-corrected chi connectivity index (χ0v) is 15.9. The van der Waals surface area contributed by atoms with Crippen molar-refractivity contribution in [3.05, 3.63) is 35.4 Å². The maximum atomic E-state index is 11.8. The van der Waals surface area contributed by atoms with Gasteiger partial charge in [0.15, 0.2) is 5.96 Å². The number of nitrogens with zero attached hydrogens (tertiary/aromatic N) is 2. The number of guanidine groups is 1. The molecule has 1 fully saturated rings. The summed E-state index contributed by atoms with van der Waals surface area (Å²) < 4.78 is 0. The van der Waals surface area contributed by atoms with E-state index in [0.717, 1.165) is 44.9 Å². The van der Waals surface area contributed by atoms with Crippen molar-refractivity contribution in [2.24, 2.45) is 4.99 Å². The second-order valence-electron chi connectivity index (χ2n) is 5.95. The van der Waals surface area contributed by atoms with Crippen molar-refractivity contribution in [2.45, 2.75) is 38.8 Å². The lowest BCUT2D eigenvalue weighted by molar-refractivity contribution is -0.119. The van der Waals surface area contributed by atoms with Crippen LogP contribution in [0, 0.1) is 0 Å². The third-order valence-corrected chi connectivity index (χ3v) is 4.08. The molecule has 6 heteroatoms. The summed E-state index contributed by atoms with van der Waals surface area (Å²) in [4.78, 5) is 18.6. The Morgan fingerprint density at radius 3 is 2.74 bits per heavy atom. The van der Waals surface area contributed by atoms with Crippen LogP contribution in [0.4, 0.5) is 0 Å². The van der Waals surface area contributed by atoms with Crippen molar-refractivity contribution < 1.29 is 4.79 Å². The second-order valence-corrected chi connectivity index (χ2v) is 5.95. The van der Waals surface area contributed by atoms with Crippen molar-refractivity contribution in [3.63, 3.8) is 0 Å². The average molecular weight is 428 g/mol. The molecule has 0 bridgehead atoms. The first kappa shape index (κ1) is 18.0. The number of hydrogen-bond acceptors (Lipinski definition) is 2. The lowest BCUT2D eigenvalue weighted by Gasteiger charge is -2.31. The molecular weight excluding hydrogens is 403 g/mol. The predicted octanol–water partition coefficient (Wildman–Crippen LogP) is 1.91. The Bertz CT molecular complexity index is 571. The van der Waals surface area contributed by atoms with Gasteiger partial charge in [0.05, 0.1) is 0 Å². The Hall–Kier alpha value is -1.31. The van der Waals surface area contributed by atoms with Crippen LogP contribution in [0.15, 0.2) is 29.3 Å². The van der Waals surface area contributed by atoms with Gasteiger partial charge in [0.25, 0.3) is 0 Å². The van der Waals surface area contributed by atoms with E-state index >= 15 is 0 Å². The molecule has 126 valence electrons. The van der Waals surface area contributed by atoms with Crippen LogP contribution in [0.3, 0.4) is 0 Å². The number of fused-ring (bicyclic) bond motifs is 1. The zero-order valence-electron chi connectivity index (χ0n) is 13.5. The number of rotatable bonds is 4. The van der Waals surface area contributed by atoms with E-state index in [1.54, 1.807) is 0 Å². The van der Waals surface area contributed by atoms with Gasteiger partial charge in [-0.15, -0.1) is 24.0 Å². The number of aliphatic imine (C=N–C) groups is 1. The van der Waals surface area contributed by atoms with Crippen molar-refractivity contribution >= 4 is 35.8 Å². The molecule has 1 aromatic carbocycles. The fraction of sp³-hybridized carbons (Fsp3) is 0.529. The van der Waals surface area contributed by atoms with Crippen LogP contribution in [-0.4, -0.2) is 42.4 Å². The number of carbonyl (C=O) groups is 1. The van der Waals surface area contributed by atoms with E-state index in [-0.39, 0.29) is 36.4 Å². The predicted molar refractivity (Wildman–Crippen MR) is 103 cm³/mol. The highest BCUT2D eigenvalue weighted by molar-refractivity contribution is 14.0. The highest BCUT2D eigenvalue weighted by Crippen LogP contribution is 2.19. The van der Waals surface area contributed by atoms with Crippen molar-refractivity contribution in [1.82, 2.24) is 15.5 Å². The molecular formula is C17H25IN4O. The first-order chi connectivity index (χ1) is 10.8. The van der Waals surface area contributed by atoms with E-state index in [9.17, 15) is 4.79 Å². The summed E-state index contributed by atoms with van der Waals surface area (Å²) >= 11 is 0. The van der Waals surface area contributed by atoms with Crippen LogP contribution in [0.5, 0.6) is 0 Å². The molecule has 1 aromatic rings. The Morgan fingerprint density at radius 1 is 1.30 bits per heavy atom. The first-order valence-corrected chi connectivity index (χ1v) is 8.15. The van der Waals surface area contributed by atoms with Crippen molar-refractivity contribution in [3.8, 4) is 0 Å². The van der Waals surface area contributed by atoms with E-state index in [1.807, 2.05) is 0 Å². The summed E-state index contributed by atoms with van der Waals surface area (Å²) in [5.41, 5.74) is 2.77. The average Bonchev–Trinajstić information content (AvgIpc) is 3.35. The van der Waals surface area contributed by atoms with Gasteiger partial charge in [0, 0.05) is 25.7 Å². The summed E-state index contributed by atoms with van der Waals surface area (Å²) in [6.07, 6.45) is 3.24. The van der Waals surface area contributed by atoms with Gasteiger partial charge < -0.3 is 15.5 Å². The van der Waals surface area contributed by atoms with Crippen molar-refractivity contribution in [2.75, 3.05) is 19.6 Å². The monoisotopic (exact) mass is 428 g/mol. The number of nitrogens with one attached hydrogen (secondary N) is 2. The quantitative estimate of drug-likeness (QED) is 0.438. The van der Waals surface area contributed by atoms with Crippen LogP contribution in [-0.2, 0) is 17.8 Å². The maximum Gasteiger partial charge on any atom is 0.242 e. The highest BCUT2D eigenvalue weighted by Gasteiger charge is 2.23. The number of benzene rings is 1. The normalized spacial score (nSPS) is 17.1. The number of carbonyl (C=O) groups excluding carboxylic acids is 1. The Morgan fingerprint density at radius 2 is 2.04 bits per heavy atom. The molecule has 1 saturated carbocycles. The van der Waals surface area contributed by atoms with Gasteiger partial charge in [-0.25, -0.2) is 4.99 Å². The minimum atomic E-state index is 0. The number of hydrogen-bond donors (Lipinski definition) is 2. The minimum Gasteiger partial charge on any atom is -0.356 e. The fourth-order valence-corrected chi connectivity index (χ4v) is 2.75. The van der Waals surface area contributed by atoms with E-state index in [0.29, 0.717) is 6.04 Å². The number of amides is 1. The van der Waals surface area contributed by atoms with Crippen LogP contribution in [0.25, 0.3) is 0 Å². The maximum absolute atomic E-state index is 11.8. The summed E-state index contributed by atoms with van der Waals surface area (Å²) in [6, 6.07) is 8.93.